The molecule has 0 unspecified atom stereocenters. The molecular weight excluding hydrogens is 580 g/mol. The summed E-state index contributed by atoms with van der Waals surface area (Å²) in [5, 5.41) is 15.6. The number of nitrogens with zero attached hydrogens (tertiary/aromatic N) is 4. The van der Waals surface area contributed by atoms with Crippen LogP contribution in [0.3, 0.4) is 0 Å². The summed E-state index contributed by atoms with van der Waals surface area (Å²) in [6.07, 6.45) is 4.23. The highest BCUT2D eigenvalue weighted by atomic mass is 16.5. The maximum atomic E-state index is 12.8. The lowest BCUT2D eigenvalue weighted by molar-refractivity contribution is -0.160. The smallest absolute Gasteiger partial charge is 0.337 e. The fraction of sp³-hybridized carbons (Fsp3) is 0.432. The molecule has 0 aliphatic carbocycles. The summed E-state index contributed by atoms with van der Waals surface area (Å²) >= 11 is 0. The van der Waals surface area contributed by atoms with Crippen molar-refractivity contribution in [2.75, 3.05) is 24.6 Å². The molecule has 7 rings (SSSR count). The van der Waals surface area contributed by atoms with E-state index in [1.165, 1.54) is 0 Å². The highest BCUT2D eigenvalue weighted by Gasteiger charge is 2.37. The van der Waals surface area contributed by atoms with Gasteiger partial charge in [0.2, 0.25) is 0 Å². The summed E-state index contributed by atoms with van der Waals surface area (Å²) in [5.74, 6) is 0.438. The van der Waals surface area contributed by atoms with Gasteiger partial charge in [0.1, 0.15) is 17.7 Å². The van der Waals surface area contributed by atoms with E-state index in [0.29, 0.717) is 42.4 Å². The van der Waals surface area contributed by atoms with Gasteiger partial charge >= 0.3 is 5.97 Å². The Bertz CT molecular complexity index is 1800. The number of hydrogen-bond donors (Lipinski definition) is 1. The van der Waals surface area contributed by atoms with Gasteiger partial charge in [0.25, 0.3) is 0 Å². The van der Waals surface area contributed by atoms with Crippen LogP contribution in [0.25, 0.3) is 28.0 Å². The van der Waals surface area contributed by atoms with Gasteiger partial charge in [0.05, 0.1) is 29.1 Å². The summed E-state index contributed by atoms with van der Waals surface area (Å²) in [4.78, 5) is 19.9. The van der Waals surface area contributed by atoms with Crippen molar-refractivity contribution in [2.24, 2.45) is 0 Å². The van der Waals surface area contributed by atoms with E-state index in [4.69, 9.17) is 24.3 Å². The van der Waals surface area contributed by atoms with Crippen molar-refractivity contribution >= 4 is 17.4 Å². The number of carboxylic acid groups (broad SMARTS) is 1. The summed E-state index contributed by atoms with van der Waals surface area (Å²) in [7, 11) is 0. The minimum Gasteiger partial charge on any atom is -0.486 e. The van der Waals surface area contributed by atoms with Gasteiger partial charge in [-0.05, 0) is 91.1 Å². The van der Waals surface area contributed by atoms with Gasteiger partial charge in [-0.1, -0.05) is 35.9 Å². The molecule has 2 aromatic carbocycles. The van der Waals surface area contributed by atoms with Gasteiger partial charge in [-0.15, -0.1) is 0 Å². The molecule has 0 spiro atoms. The van der Waals surface area contributed by atoms with Crippen molar-refractivity contribution in [2.45, 2.75) is 84.7 Å². The third kappa shape index (κ3) is 6.52. The van der Waals surface area contributed by atoms with Crippen LogP contribution in [0.1, 0.15) is 70.4 Å². The number of aromatic nitrogens is 3. The van der Waals surface area contributed by atoms with Crippen molar-refractivity contribution in [3.8, 4) is 28.1 Å². The molecule has 0 saturated carbocycles. The van der Waals surface area contributed by atoms with Gasteiger partial charge < -0.3 is 24.2 Å². The molecule has 4 aromatic rings. The molecule has 9 heteroatoms. The normalized spacial score (nSPS) is 21.6. The Morgan fingerprint density at radius 3 is 2.54 bits per heavy atom. The fourth-order valence-corrected chi connectivity index (χ4v) is 6.34. The molecule has 1 saturated heterocycles. The Morgan fingerprint density at radius 2 is 1.83 bits per heavy atom. The quantitative estimate of drug-likeness (QED) is 0.237. The number of aryl methyl sites for hydroxylation is 2. The van der Waals surface area contributed by atoms with Crippen LogP contribution in [0.5, 0.6) is 5.75 Å². The highest BCUT2D eigenvalue weighted by molar-refractivity contribution is 5.80. The molecule has 2 aromatic heterocycles. The predicted octanol–water partition coefficient (Wildman–Crippen LogP) is 7.33. The lowest BCUT2D eigenvalue weighted by Gasteiger charge is -2.41. The van der Waals surface area contributed by atoms with Crippen LogP contribution >= 0.6 is 0 Å². The van der Waals surface area contributed by atoms with E-state index in [2.05, 4.69) is 43.0 Å². The molecule has 1 fully saturated rings. The topological polar surface area (TPSA) is 98.4 Å². The number of piperidine rings is 1. The lowest BCUT2D eigenvalue weighted by Crippen LogP contribution is -2.45. The van der Waals surface area contributed by atoms with Gasteiger partial charge in [0, 0.05) is 36.0 Å². The largest absolute Gasteiger partial charge is 0.486 e. The summed E-state index contributed by atoms with van der Waals surface area (Å²) in [6, 6.07) is 16.5. The molecule has 2 atom stereocenters. The molecule has 3 aliphatic rings. The third-order valence-electron chi connectivity index (χ3n) is 8.74. The van der Waals surface area contributed by atoms with Crippen LogP contribution in [0.15, 0.2) is 60.7 Å². The first-order chi connectivity index (χ1) is 21.8. The van der Waals surface area contributed by atoms with Crippen LogP contribution in [0.2, 0.25) is 0 Å². The van der Waals surface area contributed by atoms with Gasteiger partial charge in [-0.2, -0.15) is 9.61 Å². The number of carbonyl (C=O) groups is 1. The van der Waals surface area contributed by atoms with Crippen molar-refractivity contribution in [3.05, 3.63) is 77.5 Å². The maximum Gasteiger partial charge on any atom is 0.337 e. The average Bonchev–Trinajstić information content (AvgIpc) is 3.42. The standard InChI is InChI=1S/C37H44N4O5/c1-23-13-14-30-28(20-23)26-11-8-12-27(21-26)29-22-31-38-25(3)32(33(35(42)43)46-36(4,5)6)34(41(31)39-29)40-17-15-37(7,16-18-40)44-19-9-10-24(2)45-30/h8-14,20-22,24,33H,15-19H2,1-7H3,(H,42,43)/b10-9-/t24-,33-/m0/s1. The van der Waals surface area contributed by atoms with Crippen molar-refractivity contribution in [1.29, 1.82) is 0 Å². The van der Waals surface area contributed by atoms with Gasteiger partial charge in [-0.25, -0.2) is 9.78 Å². The predicted molar refractivity (Wildman–Crippen MR) is 180 cm³/mol. The first kappa shape index (κ1) is 31.8. The zero-order valence-electron chi connectivity index (χ0n) is 27.8. The Balaban J connectivity index is 1.56. The van der Waals surface area contributed by atoms with E-state index in [-0.39, 0.29) is 11.7 Å². The Morgan fingerprint density at radius 1 is 1.09 bits per heavy atom. The molecular formula is C37H44N4O5. The van der Waals surface area contributed by atoms with E-state index in [1.54, 1.807) is 4.52 Å². The van der Waals surface area contributed by atoms with E-state index in [1.807, 2.05) is 71.0 Å². The second-order valence-corrected chi connectivity index (χ2v) is 13.8. The van der Waals surface area contributed by atoms with Crippen LogP contribution in [-0.4, -0.2) is 62.7 Å². The number of rotatable bonds is 3. The monoisotopic (exact) mass is 624 g/mol. The second kappa shape index (κ2) is 12.2. The van der Waals surface area contributed by atoms with Crippen molar-refractivity contribution in [1.82, 2.24) is 14.6 Å². The Hall–Kier alpha value is -4.21. The van der Waals surface area contributed by atoms with Crippen molar-refractivity contribution in [3.63, 3.8) is 0 Å². The number of aliphatic carboxylic acids is 1. The van der Waals surface area contributed by atoms with E-state index in [0.717, 1.165) is 46.5 Å². The number of fused-ring (bicyclic) bond motifs is 6. The fourth-order valence-electron chi connectivity index (χ4n) is 6.34. The molecule has 46 heavy (non-hydrogen) atoms. The second-order valence-electron chi connectivity index (χ2n) is 13.8. The zero-order chi connectivity index (χ0) is 32.8. The minimum absolute atomic E-state index is 0.147. The average molecular weight is 625 g/mol. The van der Waals surface area contributed by atoms with Crippen LogP contribution in [0.4, 0.5) is 5.82 Å². The Labute approximate surface area is 270 Å². The molecule has 0 amide bonds. The number of anilines is 1. The molecule has 1 N–H and O–H groups in total. The first-order valence-corrected chi connectivity index (χ1v) is 16.0. The summed E-state index contributed by atoms with van der Waals surface area (Å²) in [6.45, 7) is 15.5. The summed E-state index contributed by atoms with van der Waals surface area (Å²) in [5.41, 5.74) is 5.55. The third-order valence-corrected chi connectivity index (χ3v) is 8.74. The zero-order valence-corrected chi connectivity index (χ0v) is 27.8. The number of benzene rings is 2. The lowest BCUT2D eigenvalue weighted by atomic mass is 9.92. The molecule has 6 bridgehead atoms. The van der Waals surface area contributed by atoms with Crippen LogP contribution < -0.4 is 9.64 Å². The Kier molecular flexibility index (Phi) is 8.42. The van der Waals surface area contributed by atoms with E-state index >= 15 is 0 Å². The minimum atomic E-state index is -1.22. The summed E-state index contributed by atoms with van der Waals surface area (Å²) < 4.78 is 20.9. The molecule has 242 valence electrons. The molecule has 9 nitrogen and oxygen atoms in total. The van der Waals surface area contributed by atoms with Gasteiger partial charge in [-0.3, -0.25) is 0 Å². The molecule has 3 aliphatic heterocycles. The van der Waals surface area contributed by atoms with Crippen LogP contribution in [-0.2, 0) is 14.3 Å². The first-order valence-electron chi connectivity index (χ1n) is 16.0. The molecule has 5 heterocycles. The maximum absolute atomic E-state index is 12.8. The van der Waals surface area contributed by atoms with Crippen molar-refractivity contribution < 1.29 is 24.1 Å². The number of hydrogen-bond acceptors (Lipinski definition) is 7. The SMILES string of the molecule is Cc1ccc2c(c1)-c1cccc(c1)-c1cc3nc(C)c([C@H](OC(C)(C)C)C(=O)O)c(n3n1)N1CCC(C)(CC1)OC/C=C\[C@H](C)O2. The van der Waals surface area contributed by atoms with E-state index < -0.39 is 17.7 Å². The number of carboxylic acids is 1. The van der Waals surface area contributed by atoms with Gasteiger partial charge in [0.15, 0.2) is 11.8 Å². The van der Waals surface area contributed by atoms with E-state index in [9.17, 15) is 9.90 Å². The van der Waals surface area contributed by atoms with Crippen LogP contribution in [0, 0.1) is 13.8 Å². The highest BCUT2D eigenvalue weighted by Crippen LogP contribution is 2.39. The number of ether oxygens (including phenoxy) is 3. The molecule has 0 radical (unpaired) electrons.